The van der Waals surface area contributed by atoms with E-state index in [1.807, 2.05) is 0 Å². The highest BCUT2D eigenvalue weighted by atomic mass is 15.1. The standard InChI is InChI=1S/C30H36N4/c1-2-3-4-5-6-7-8-9-10-13-16-34-27-20-25-18-23-15-12-11-14-22(23)17-24(25)19-26(27)28-29(31)32-21-33-30(28)34/h11-12,14-15,17-21H,2-10,13,16H2,1H3,(H2,31,32,33). The average molecular weight is 453 g/mol. The van der Waals surface area contributed by atoms with Crippen molar-refractivity contribution in [2.45, 2.75) is 77.7 Å². The predicted octanol–water partition coefficient (Wildman–Crippen LogP) is 8.39. The third kappa shape index (κ3) is 4.59. The van der Waals surface area contributed by atoms with Crippen LogP contribution >= 0.6 is 0 Å². The van der Waals surface area contributed by atoms with Gasteiger partial charge in [-0.2, -0.15) is 0 Å². The van der Waals surface area contributed by atoms with E-state index < -0.39 is 0 Å². The Bertz CT molecular complexity index is 1420. The molecule has 0 aliphatic rings. The average Bonchev–Trinajstić information content (AvgIpc) is 3.16. The third-order valence-electron chi connectivity index (χ3n) is 7.23. The topological polar surface area (TPSA) is 56.7 Å². The number of fused-ring (bicyclic) bond motifs is 5. The van der Waals surface area contributed by atoms with Crippen molar-refractivity contribution in [3.8, 4) is 0 Å². The normalized spacial score (nSPS) is 11.9. The first-order valence-electron chi connectivity index (χ1n) is 13.1. The SMILES string of the molecule is CCCCCCCCCCCCn1c2cc3cc4ccccc4cc3cc2c2c(N)ncnc21. The molecule has 0 aliphatic heterocycles. The molecule has 4 nitrogen and oxygen atoms in total. The summed E-state index contributed by atoms with van der Waals surface area (Å²) >= 11 is 0. The zero-order valence-electron chi connectivity index (χ0n) is 20.4. The number of anilines is 1. The molecule has 5 aromatic rings. The van der Waals surface area contributed by atoms with Crippen LogP contribution in [0.2, 0.25) is 0 Å². The largest absolute Gasteiger partial charge is 0.383 e. The minimum absolute atomic E-state index is 0.567. The summed E-state index contributed by atoms with van der Waals surface area (Å²) in [5, 5.41) is 7.15. The molecule has 0 spiro atoms. The van der Waals surface area contributed by atoms with Crippen LogP contribution in [0.3, 0.4) is 0 Å². The Kier molecular flexibility index (Phi) is 6.94. The van der Waals surface area contributed by atoms with Gasteiger partial charge in [0.1, 0.15) is 17.8 Å². The molecule has 0 radical (unpaired) electrons. The number of unbranched alkanes of at least 4 members (excludes halogenated alkanes) is 9. The monoisotopic (exact) mass is 452 g/mol. The Balaban J connectivity index is 1.37. The van der Waals surface area contributed by atoms with Gasteiger partial charge in [-0.25, -0.2) is 9.97 Å². The predicted molar refractivity (Wildman–Crippen MR) is 146 cm³/mol. The third-order valence-corrected chi connectivity index (χ3v) is 7.23. The van der Waals surface area contributed by atoms with Gasteiger partial charge in [0.05, 0.1) is 10.9 Å². The fraction of sp³-hybridized carbons (Fsp3) is 0.400. The van der Waals surface area contributed by atoms with Gasteiger partial charge in [0.25, 0.3) is 0 Å². The van der Waals surface area contributed by atoms with Gasteiger partial charge in [0.2, 0.25) is 0 Å². The summed E-state index contributed by atoms with van der Waals surface area (Å²) in [6, 6.07) is 17.7. The van der Waals surface area contributed by atoms with E-state index in [2.05, 4.69) is 70.0 Å². The molecule has 2 N–H and O–H groups in total. The number of benzene rings is 3. The van der Waals surface area contributed by atoms with Gasteiger partial charge in [0.15, 0.2) is 0 Å². The van der Waals surface area contributed by atoms with E-state index in [4.69, 9.17) is 5.73 Å². The summed E-state index contributed by atoms with van der Waals surface area (Å²) in [6.07, 6.45) is 15.0. The lowest BCUT2D eigenvalue weighted by Gasteiger charge is -2.08. The van der Waals surface area contributed by atoms with Crippen LogP contribution in [-0.2, 0) is 6.54 Å². The van der Waals surface area contributed by atoms with Gasteiger partial charge in [0, 0.05) is 11.9 Å². The maximum atomic E-state index is 6.36. The van der Waals surface area contributed by atoms with Crippen LogP contribution in [0.5, 0.6) is 0 Å². The number of aromatic nitrogens is 3. The second kappa shape index (κ2) is 10.4. The molecule has 3 aromatic carbocycles. The molecule has 2 heterocycles. The molecule has 176 valence electrons. The summed E-state index contributed by atoms with van der Waals surface area (Å²) < 4.78 is 2.36. The number of hydrogen-bond donors (Lipinski definition) is 1. The Morgan fingerprint density at radius 3 is 2.00 bits per heavy atom. The summed E-state index contributed by atoms with van der Waals surface area (Å²) in [6.45, 7) is 3.24. The summed E-state index contributed by atoms with van der Waals surface area (Å²) in [7, 11) is 0. The van der Waals surface area contributed by atoms with Gasteiger partial charge >= 0.3 is 0 Å². The lowest BCUT2D eigenvalue weighted by molar-refractivity contribution is 0.541. The Morgan fingerprint density at radius 2 is 1.32 bits per heavy atom. The number of nitrogen functional groups attached to an aromatic ring is 1. The van der Waals surface area contributed by atoms with Crippen molar-refractivity contribution >= 4 is 49.3 Å². The van der Waals surface area contributed by atoms with E-state index in [1.165, 1.54) is 84.8 Å². The van der Waals surface area contributed by atoms with Crippen LogP contribution in [-0.4, -0.2) is 14.5 Å². The minimum Gasteiger partial charge on any atom is -0.383 e. The van der Waals surface area contributed by atoms with E-state index in [1.54, 1.807) is 6.33 Å². The van der Waals surface area contributed by atoms with Crippen LogP contribution in [0.15, 0.2) is 54.9 Å². The fourth-order valence-corrected chi connectivity index (χ4v) is 5.35. The van der Waals surface area contributed by atoms with Crippen molar-refractivity contribution in [2.75, 3.05) is 5.73 Å². The fourth-order valence-electron chi connectivity index (χ4n) is 5.35. The van der Waals surface area contributed by atoms with Crippen molar-refractivity contribution in [1.29, 1.82) is 0 Å². The molecule has 0 fully saturated rings. The molecule has 2 aromatic heterocycles. The summed E-state index contributed by atoms with van der Waals surface area (Å²) in [4.78, 5) is 8.97. The molecule has 0 saturated heterocycles. The number of rotatable bonds is 11. The molecule has 0 saturated carbocycles. The van der Waals surface area contributed by atoms with E-state index in [0.717, 1.165) is 29.4 Å². The maximum absolute atomic E-state index is 6.36. The first kappa shape index (κ1) is 22.6. The molecule has 0 bridgehead atoms. The van der Waals surface area contributed by atoms with E-state index in [0.29, 0.717) is 5.82 Å². The summed E-state index contributed by atoms with van der Waals surface area (Å²) in [5.74, 6) is 0.567. The van der Waals surface area contributed by atoms with Gasteiger partial charge in [-0.15, -0.1) is 0 Å². The van der Waals surface area contributed by atoms with Crippen LogP contribution in [0.1, 0.15) is 71.1 Å². The highest BCUT2D eigenvalue weighted by Crippen LogP contribution is 2.35. The second-order valence-corrected chi connectivity index (χ2v) is 9.71. The first-order chi connectivity index (χ1) is 16.8. The molecule has 0 aliphatic carbocycles. The smallest absolute Gasteiger partial charge is 0.146 e. The quantitative estimate of drug-likeness (QED) is 0.162. The molecule has 5 rings (SSSR count). The van der Waals surface area contributed by atoms with Crippen molar-refractivity contribution in [1.82, 2.24) is 14.5 Å². The van der Waals surface area contributed by atoms with E-state index in [-0.39, 0.29) is 0 Å². The first-order valence-corrected chi connectivity index (χ1v) is 13.1. The lowest BCUT2D eigenvalue weighted by Crippen LogP contribution is -2.00. The molecule has 4 heteroatoms. The van der Waals surface area contributed by atoms with Crippen LogP contribution in [0.25, 0.3) is 43.5 Å². The van der Waals surface area contributed by atoms with Crippen LogP contribution in [0.4, 0.5) is 5.82 Å². The number of hydrogen-bond acceptors (Lipinski definition) is 3. The Labute approximate surface area is 202 Å². The zero-order valence-corrected chi connectivity index (χ0v) is 20.4. The highest BCUT2D eigenvalue weighted by Gasteiger charge is 2.16. The minimum atomic E-state index is 0.567. The Morgan fingerprint density at radius 1 is 0.706 bits per heavy atom. The van der Waals surface area contributed by atoms with Crippen LogP contribution < -0.4 is 5.73 Å². The van der Waals surface area contributed by atoms with Gasteiger partial charge in [-0.05, 0) is 52.2 Å². The Hall–Kier alpha value is -3.14. The number of nitrogens with two attached hydrogens (primary N) is 1. The molecule has 0 unspecified atom stereocenters. The number of aryl methyl sites for hydroxylation is 1. The molecular weight excluding hydrogens is 416 g/mol. The second-order valence-electron chi connectivity index (χ2n) is 9.71. The molecule has 0 amide bonds. The van der Waals surface area contributed by atoms with Crippen molar-refractivity contribution in [3.63, 3.8) is 0 Å². The van der Waals surface area contributed by atoms with Crippen molar-refractivity contribution in [2.24, 2.45) is 0 Å². The van der Waals surface area contributed by atoms with Crippen molar-refractivity contribution < 1.29 is 0 Å². The maximum Gasteiger partial charge on any atom is 0.146 e. The van der Waals surface area contributed by atoms with Gasteiger partial charge in [-0.3, -0.25) is 0 Å². The summed E-state index contributed by atoms with van der Waals surface area (Å²) in [5.41, 5.74) is 8.52. The zero-order chi connectivity index (χ0) is 23.3. The van der Waals surface area contributed by atoms with Gasteiger partial charge < -0.3 is 10.3 Å². The van der Waals surface area contributed by atoms with E-state index in [9.17, 15) is 0 Å². The number of nitrogens with zero attached hydrogens (tertiary/aromatic N) is 3. The van der Waals surface area contributed by atoms with Crippen molar-refractivity contribution in [3.05, 3.63) is 54.9 Å². The van der Waals surface area contributed by atoms with Gasteiger partial charge in [-0.1, -0.05) is 89.0 Å². The van der Waals surface area contributed by atoms with E-state index >= 15 is 0 Å². The molecule has 34 heavy (non-hydrogen) atoms. The lowest BCUT2D eigenvalue weighted by atomic mass is 10.0. The highest BCUT2D eigenvalue weighted by molar-refractivity contribution is 6.16. The van der Waals surface area contributed by atoms with Crippen LogP contribution in [0, 0.1) is 0 Å². The molecule has 0 atom stereocenters. The molecular formula is C30H36N4.